The van der Waals surface area contributed by atoms with Crippen LogP contribution in [0.15, 0.2) is 72.8 Å². The molecule has 2 unspecified atom stereocenters. The zero-order valence-corrected chi connectivity index (χ0v) is 29.4. The molecule has 1 saturated carbocycles. The SMILES string of the molecule is C[C@H]1[C@@H](CN2CC3(C)CC2CC(C)(C)C3)O[C@@H](c2ccc(-c3ccccc3CNC(=O)CCCC(=O)O)cc2)O[C@H]1c1ccc(CO)cc1. The van der Waals surface area contributed by atoms with Crippen LogP contribution in [0.1, 0.15) is 101 Å². The van der Waals surface area contributed by atoms with E-state index in [1.165, 1.54) is 19.3 Å². The van der Waals surface area contributed by atoms with Crippen LogP contribution < -0.4 is 5.32 Å². The van der Waals surface area contributed by atoms with E-state index >= 15 is 0 Å². The Morgan fingerprint density at radius 2 is 1.63 bits per heavy atom. The molecule has 8 nitrogen and oxygen atoms in total. The molecule has 0 aromatic heterocycles. The van der Waals surface area contributed by atoms with Gasteiger partial charge in [0.2, 0.25) is 5.91 Å². The summed E-state index contributed by atoms with van der Waals surface area (Å²) < 4.78 is 13.6. The number of carboxylic acid groups (broad SMARTS) is 1. The van der Waals surface area contributed by atoms with Gasteiger partial charge in [-0.05, 0) is 64.3 Å². The molecule has 8 heteroatoms. The third kappa shape index (κ3) is 8.43. The maximum Gasteiger partial charge on any atom is 0.303 e. The average molecular weight is 669 g/mol. The van der Waals surface area contributed by atoms with Crippen LogP contribution in [0.2, 0.25) is 0 Å². The van der Waals surface area contributed by atoms with Crippen molar-refractivity contribution in [2.45, 2.75) is 104 Å². The summed E-state index contributed by atoms with van der Waals surface area (Å²) in [5.41, 5.74) is 6.65. The summed E-state index contributed by atoms with van der Waals surface area (Å²) >= 11 is 0. The predicted octanol–water partition coefficient (Wildman–Crippen LogP) is 7.41. The number of benzene rings is 3. The monoisotopic (exact) mass is 668 g/mol. The second-order valence-corrected chi connectivity index (χ2v) is 15.8. The standard InChI is InChI=1S/C41H52N2O6/c1-27-35(23-43-26-41(4)21-33(43)20-40(2,3)25-41)48-39(49-38(27)30-14-12-28(24-44)13-15-30)31-18-16-29(17-19-31)34-9-6-5-8-32(34)22-42-36(45)10-7-11-37(46)47/h5-6,8-9,12-19,27,33,35,38-39,44H,7,10-11,20-26H2,1-4H3,(H,42,45)(H,46,47)/t27-,33?,35+,38+,39+,41?/m0/s1. The van der Waals surface area contributed by atoms with Crippen LogP contribution in [0.4, 0.5) is 0 Å². The second kappa shape index (κ2) is 14.7. The Labute approximate surface area is 290 Å². The Bertz CT molecular complexity index is 1600. The van der Waals surface area contributed by atoms with E-state index in [-0.39, 0.29) is 43.5 Å². The molecule has 0 spiro atoms. The van der Waals surface area contributed by atoms with Gasteiger partial charge in [0.25, 0.3) is 0 Å². The van der Waals surface area contributed by atoms with Crippen LogP contribution in [0.3, 0.4) is 0 Å². The molecule has 6 rings (SSSR count). The average Bonchev–Trinajstić information content (AvgIpc) is 3.31. The van der Waals surface area contributed by atoms with Crippen molar-refractivity contribution < 1.29 is 29.3 Å². The van der Waals surface area contributed by atoms with Gasteiger partial charge in [-0.25, -0.2) is 0 Å². The minimum Gasteiger partial charge on any atom is -0.481 e. The summed E-state index contributed by atoms with van der Waals surface area (Å²) in [6.07, 6.45) is 3.50. The third-order valence-corrected chi connectivity index (χ3v) is 10.8. The highest BCUT2D eigenvalue weighted by Crippen LogP contribution is 2.53. The molecule has 3 aliphatic rings. The van der Waals surface area contributed by atoms with E-state index in [2.05, 4.69) is 74.3 Å². The van der Waals surface area contributed by atoms with E-state index in [0.29, 0.717) is 29.8 Å². The topological polar surface area (TPSA) is 108 Å². The van der Waals surface area contributed by atoms with Crippen molar-refractivity contribution in [3.63, 3.8) is 0 Å². The van der Waals surface area contributed by atoms with E-state index in [4.69, 9.17) is 14.6 Å². The lowest BCUT2D eigenvalue weighted by atomic mass is 9.65. The number of nitrogens with zero attached hydrogens (tertiary/aromatic N) is 1. The third-order valence-electron chi connectivity index (χ3n) is 10.8. The zero-order chi connectivity index (χ0) is 34.8. The van der Waals surface area contributed by atoms with Gasteiger partial charge >= 0.3 is 5.97 Å². The lowest BCUT2D eigenvalue weighted by molar-refractivity contribution is -0.276. The molecule has 2 heterocycles. The second-order valence-electron chi connectivity index (χ2n) is 15.8. The maximum absolute atomic E-state index is 12.3. The molecule has 49 heavy (non-hydrogen) atoms. The fraction of sp³-hybridized carbons (Fsp3) is 0.512. The van der Waals surface area contributed by atoms with Crippen LogP contribution in [-0.4, -0.2) is 52.2 Å². The van der Waals surface area contributed by atoms with Gasteiger partial charge in [0.15, 0.2) is 6.29 Å². The van der Waals surface area contributed by atoms with Gasteiger partial charge < -0.3 is 25.0 Å². The van der Waals surface area contributed by atoms with Gasteiger partial charge in [0.05, 0.1) is 18.8 Å². The van der Waals surface area contributed by atoms with E-state index in [1.807, 2.05) is 36.4 Å². The number of aliphatic carboxylic acids is 1. The van der Waals surface area contributed by atoms with Crippen LogP contribution >= 0.6 is 0 Å². The van der Waals surface area contributed by atoms with Gasteiger partial charge in [-0.2, -0.15) is 0 Å². The van der Waals surface area contributed by atoms with Crippen molar-refractivity contribution in [3.05, 3.63) is 95.1 Å². The molecule has 3 fully saturated rings. The summed E-state index contributed by atoms with van der Waals surface area (Å²) in [6, 6.07) is 25.0. The van der Waals surface area contributed by atoms with Crippen molar-refractivity contribution in [2.24, 2.45) is 16.7 Å². The van der Waals surface area contributed by atoms with Crippen LogP contribution in [-0.2, 0) is 32.2 Å². The molecule has 2 aliphatic heterocycles. The van der Waals surface area contributed by atoms with Crippen molar-refractivity contribution in [3.8, 4) is 11.1 Å². The minimum absolute atomic E-state index is 0.00974. The lowest BCUT2D eigenvalue weighted by Crippen LogP contribution is -2.46. The number of carboxylic acids is 1. The Morgan fingerprint density at radius 3 is 2.35 bits per heavy atom. The van der Waals surface area contributed by atoms with Gasteiger partial charge in [0, 0.05) is 50.0 Å². The quantitative estimate of drug-likeness (QED) is 0.185. The number of nitrogens with one attached hydrogen (secondary N) is 1. The largest absolute Gasteiger partial charge is 0.481 e. The fourth-order valence-corrected chi connectivity index (χ4v) is 8.81. The molecular weight excluding hydrogens is 616 g/mol. The maximum atomic E-state index is 12.3. The van der Waals surface area contributed by atoms with Gasteiger partial charge in [-0.1, -0.05) is 100 Å². The van der Waals surface area contributed by atoms with Gasteiger partial charge in [-0.3, -0.25) is 14.5 Å². The summed E-state index contributed by atoms with van der Waals surface area (Å²) in [6.45, 7) is 11.9. The number of fused-ring (bicyclic) bond motifs is 2. The Hall–Kier alpha value is -3.56. The number of amides is 1. The van der Waals surface area contributed by atoms with E-state index < -0.39 is 12.3 Å². The number of hydrogen-bond donors (Lipinski definition) is 3. The van der Waals surface area contributed by atoms with Crippen LogP contribution in [0.25, 0.3) is 11.1 Å². The van der Waals surface area contributed by atoms with Crippen molar-refractivity contribution in [1.82, 2.24) is 10.2 Å². The highest BCUT2D eigenvalue weighted by molar-refractivity contribution is 5.77. The first-order valence-corrected chi connectivity index (χ1v) is 17.8. The highest BCUT2D eigenvalue weighted by Gasteiger charge is 2.51. The van der Waals surface area contributed by atoms with Crippen molar-refractivity contribution >= 4 is 11.9 Å². The fourth-order valence-electron chi connectivity index (χ4n) is 8.81. The number of hydrogen-bond acceptors (Lipinski definition) is 6. The predicted molar refractivity (Wildman–Crippen MR) is 189 cm³/mol. The number of carbonyl (C=O) groups excluding carboxylic acids is 1. The van der Waals surface area contributed by atoms with E-state index in [0.717, 1.165) is 46.5 Å². The van der Waals surface area contributed by atoms with Crippen molar-refractivity contribution in [2.75, 3.05) is 13.1 Å². The smallest absolute Gasteiger partial charge is 0.303 e. The summed E-state index contributed by atoms with van der Waals surface area (Å²) in [5.74, 6) is -0.921. The normalized spacial score (nSPS) is 27.9. The number of aliphatic hydroxyl groups is 1. The highest BCUT2D eigenvalue weighted by atomic mass is 16.7. The summed E-state index contributed by atoms with van der Waals surface area (Å²) in [7, 11) is 0. The molecular formula is C41H52N2O6. The summed E-state index contributed by atoms with van der Waals surface area (Å²) in [5, 5.41) is 21.4. The Morgan fingerprint density at radius 1 is 0.918 bits per heavy atom. The first-order chi connectivity index (χ1) is 23.4. The molecule has 1 amide bonds. The summed E-state index contributed by atoms with van der Waals surface area (Å²) in [4.78, 5) is 25.8. The minimum atomic E-state index is -0.893. The van der Waals surface area contributed by atoms with Crippen LogP contribution in [0, 0.1) is 16.7 Å². The first kappa shape index (κ1) is 35.3. The van der Waals surface area contributed by atoms with Gasteiger partial charge in [0.1, 0.15) is 0 Å². The molecule has 262 valence electrons. The van der Waals surface area contributed by atoms with Gasteiger partial charge in [-0.15, -0.1) is 0 Å². The van der Waals surface area contributed by atoms with E-state index in [9.17, 15) is 14.7 Å². The molecule has 3 N–H and O–H groups in total. The molecule has 2 bridgehead atoms. The molecule has 3 aromatic rings. The molecule has 2 saturated heterocycles. The molecule has 1 aliphatic carbocycles. The number of rotatable bonds is 12. The molecule has 3 aromatic carbocycles. The van der Waals surface area contributed by atoms with E-state index in [1.54, 1.807) is 0 Å². The number of ether oxygens (including phenoxy) is 2. The Kier molecular flexibility index (Phi) is 10.6. The number of carbonyl (C=O) groups is 2. The van der Waals surface area contributed by atoms with Crippen LogP contribution in [0.5, 0.6) is 0 Å². The Balaban J connectivity index is 1.20. The molecule has 0 radical (unpaired) electrons. The number of aliphatic hydroxyl groups excluding tert-OH is 1. The van der Waals surface area contributed by atoms with Crippen molar-refractivity contribution in [1.29, 1.82) is 0 Å². The molecule has 6 atom stereocenters. The first-order valence-electron chi connectivity index (χ1n) is 17.8. The number of likely N-dealkylation sites (tertiary alicyclic amines) is 1. The zero-order valence-electron chi connectivity index (χ0n) is 29.4. The lowest BCUT2D eigenvalue weighted by Gasteiger charge is -2.43.